The van der Waals surface area contributed by atoms with Gasteiger partial charge in [-0.3, -0.25) is 28.6 Å². The van der Waals surface area contributed by atoms with E-state index in [1.165, 1.54) is 4.90 Å². The quantitative estimate of drug-likeness (QED) is 0.522. The van der Waals surface area contributed by atoms with Crippen molar-refractivity contribution in [1.82, 2.24) is 14.0 Å². The molecule has 0 aliphatic carbocycles. The van der Waals surface area contributed by atoms with Gasteiger partial charge in [0.25, 0.3) is 11.8 Å². The van der Waals surface area contributed by atoms with Gasteiger partial charge >= 0.3 is 5.69 Å². The molecule has 0 saturated carbocycles. The minimum absolute atomic E-state index is 0.0790. The molecule has 2 amide bonds. The van der Waals surface area contributed by atoms with Crippen LogP contribution in [0.15, 0.2) is 52.3 Å². The fraction of sp³-hybridized carbons (Fsp3) is 0.200. The number of fused-ring (bicyclic) bond motifs is 2. The number of hydrogen-bond donors (Lipinski definition) is 0. The molecule has 0 bridgehead atoms. The molecule has 0 spiro atoms. The number of aromatic nitrogens is 2. The van der Waals surface area contributed by atoms with Gasteiger partial charge in [0.1, 0.15) is 0 Å². The number of aryl methyl sites for hydroxylation is 2. The largest absolute Gasteiger partial charge is 0.328 e. The topological polar surface area (TPSA) is 76.7 Å². The number of benzene rings is 2. The Morgan fingerprint density at radius 2 is 1.52 bits per heavy atom. The van der Waals surface area contributed by atoms with Crippen LogP contribution in [0, 0.1) is 0 Å². The number of carbonyl (C=O) groups is 2. The highest BCUT2D eigenvalue weighted by atomic mass is 16.2. The van der Waals surface area contributed by atoms with Crippen molar-refractivity contribution in [2.45, 2.75) is 0 Å². The van der Waals surface area contributed by atoms with Crippen molar-refractivity contribution in [2.75, 3.05) is 13.1 Å². The lowest BCUT2D eigenvalue weighted by atomic mass is 10.1. The highest BCUT2D eigenvalue weighted by molar-refractivity contribution is 6.21. The van der Waals surface area contributed by atoms with Gasteiger partial charge in [0.05, 0.1) is 28.7 Å². The summed E-state index contributed by atoms with van der Waals surface area (Å²) in [5.74, 6) is -0.544. The highest BCUT2D eigenvalue weighted by Gasteiger charge is 2.34. The van der Waals surface area contributed by atoms with Gasteiger partial charge < -0.3 is 0 Å². The van der Waals surface area contributed by atoms with E-state index in [2.05, 4.69) is 4.99 Å². The molecule has 0 unspecified atom stereocenters. The van der Waals surface area contributed by atoms with Gasteiger partial charge in [-0.15, -0.1) is 0 Å². The standard InChI is InChI=1S/C20H18N4O3/c1-22-16-8-7-13(11-17(16)23(2)20(22)27)12-21-9-10-24-18(25)14-5-3-4-6-15(14)19(24)26/h3-8,11-12H,9-10H2,1-2H3. The summed E-state index contributed by atoms with van der Waals surface area (Å²) < 4.78 is 3.18. The fourth-order valence-electron chi connectivity index (χ4n) is 3.37. The zero-order chi connectivity index (χ0) is 19.1. The molecule has 0 atom stereocenters. The lowest BCUT2D eigenvalue weighted by molar-refractivity contribution is 0.0659. The van der Waals surface area contributed by atoms with E-state index in [1.807, 2.05) is 18.2 Å². The first-order valence-electron chi connectivity index (χ1n) is 8.59. The third kappa shape index (κ3) is 2.68. The fourth-order valence-corrected chi connectivity index (χ4v) is 3.37. The van der Waals surface area contributed by atoms with Crippen molar-refractivity contribution in [2.24, 2.45) is 19.1 Å². The predicted molar refractivity (Wildman–Crippen MR) is 102 cm³/mol. The predicted octanol–water partition coefficient (Wildman–Crippen LogP) is 1.59. The lowest BCUT2D eigenvalue weighted by Crippen LogP contribution is -2.32. The molecule has 3 aromatic rings. The number of imidazole rings is 1. The van der Waals surface area contributed by atoms with Crippen LogP contribution in [0.3, 0.4) is 0 Å². The average Bonchev–Trinajstić information content (AvgIpc) is 3.06. The zero-order valence-corrected chi connectivity index (χ0v) is 15.0. The number of rotatable bonds is 4. The molecule has 0 saturated heterocycles. The first kappa shape index (κ1) is 17.0. The lowest BCUT2D eigenvalue weighted by Gasteiger charge is -2.11. The van der Waals surface area contributed by atoms with Gasteiger partial charge in [0, 0.05) is 26.9 Å². The van der Waals surface area contributed by atoms with Gasteiger partial charge in [-0.05, 0) is 29.8 Å². The van der Waals surface area contributed by atoms with E-state index in [-0.39, 0.29) is 24.0 Å². The van der Waals surface area contributed by atoms with Gasteiger partial charge in [-0.25, -0.2) is 4.79 Å². The zero-order valence-electron chi connectivity index (χ0n) is 15.0. The van der Waals surface area contributed by atoms with Crippen molar-refractivity contribution in [3.8, 4) is 0 Å². The number of imide groups is 1. The summed E-state index contributed by atoms with van der Waals surface area (Å²) in [6.07, 6.45) is 1.69. The molecule has 4 rings (SSSR count). The van der Waals surface area contributed by atoms with Crippen LogP contribution in [0.1, 0.15) is 26.3 Å². The maximum Gasteiger partial charge on any atom is 0.328 e. The van der Waals surface area contributed by atoms with Gasteiger partial charge in [-0.1, -0.05) is 18.2 Å². The summed E-state index contributed by atoms with van der Waals surface area (Å²) in [7, 11) is 3.47. The Bertz CT molecular complexity index is 1130. The third-order valence-corrected chi connectivity index (χ3v) is 4.87. The molecular weight excluding hydrogens is 344 g/mol. The number of hydrogen-bond acceptors (Lipinski definition) is 4. The van der Waals surface area contributed by atoms with Gasteiger partial charge in [0.2, 0.25) is 0 Å². The van der Waals surface area contributed by atoms with Crippen molar-refractivity contribution in [1.29, 1.82) is 0 Å². The summed E-state index contributed by atoms with van der Waals surface area (Å²) >= 11 is 0. The Kier molecular flexibility index (Phi) is 3.99. The molecule has 136 valence electrons. The maximum atomic E-state index is 12.3. The van der Waals surface area contributed by atoms with Crippen LogP contribution in [-0.2, 0) is 14.1 Å². The normalized spacial score (nSPS) is 13.9. The first-order chi connectivity index (χ1) is 13.0. The van der Waals surface area contributed by atoms with Crippen LogP contribution in [0.2, 0.25) is 0 Å². The molecule has 7 heteroatoms. The van der Waals surface area contributed by atoms with Crippen LogP contribution in [-0.4, -0.2) is 45.2 Å². The highest BCUT2D eigenvalue weighted by Crippen LogP contribution is 2.21. The summed E-state index contributed by atoms with van der Waals surface area (Å²) in [4.78, 5) is 42.2. The van der Waals surface area contributed by atoms with Gasteiger partial charge in [-0.2, -0.15) is 0 Å². The van der Waals surface area contributed by atoms with Crippen molar-refractivity contribution in [3.05, 3.63) is 69.6 Å². The number of amides is 2. The first-order valence-corrected chi connectivity index (χ1v) is 8.59. The second-order valence-electron chi connectivity index (χ2n) is 6.49. The molecule has 2 heterocycles. The van der Waals surface area contributed by atoms with E-state index in [4.69, 9.17) is 0 Å². The summed E-state index contributed by atoms with van der Waals surface area (Å²) in [5, 5.41) is 0. The molecule has 1 aliphatic rings. The summed E-state index contributed by atoms with van der Waals surface area (Å²) in [6.45, 7) is 0.548. The summed E-state index contributed by atoms with van der Waals surface area (Å²) in [5.41, 5.74) is 3.34. The molecule has 2 aromatic carbocycles. The van der Waals surface area contributed by atoms with Gasteiger partial charge in [0.15, 0.2) is 0 Å². The van der Waals surface area contributed by atoms with Crippen molar-refractivity contribution < 1.29 is 9.59 Å². The Morgan fingerprint density at radius 1 is 0.889 bits per heavy atom. The van der Waals surface area contributed by atoms with Crippen molar-refractivity contribution in [3.63, 3.8) is 0 Å². The summed E-state index contributed by atoms with van der Waals surface area (Å²) in [6, 6.07) is 12.5. The smallest absolute Gasteiger partial charge is 0.295 e. The van der Waals surface area contributed by atoms with E-state index in [0.717, 1.165) is 16.6 Å². The Hall–Kier alpha value is -3.48. The molecule has 7 nitrogen and oxygen atoms in total. The van der Waals surface area contributed by atoms with Crippen LogP contribution in [0.25, 0.3) is 11.0 Å². The van der Waals surface area contributed by atoms with E-state index in [0.29, 0.717) is 17.7 Å². The Labute approximate surface area is 155 Å². The molecule has 0 fully saturated rings. The molecule has 1 aromatic heterocycles. The molecule has 1 aliphatic heterocycles. The Morgan fingerprint density at radius 3 is 2.19 bits per heavy atom. The minimum atomic E-state index is -0.272. The average molecular weight is 362 g/mol. The van der Waals surface area contributed by atoms with Crippen molar-refractivity contribution >= 4 is 29.1 Å². The molecule has 0 N–H and O–H groups in total. The second kappa shape index (κ2) is 6.35. The minimum Gasteiger partial charge on any atom is -0.295 e. The maximum absolute atomic E-state index is 12.3. The SMILES string of the molecule is Cn1c(=O)n(C)c2cc(C=NCCN3C(=O)c4ccccc4C3=O)ccc21. The second-order valence-corrected chi connectivity index (χ2v) is 6.49. The number of carbonyl (C=O) groups excluding carboxylic acids is 2. The van der Waals surface area contributed by atoms with E-state index < -0.39 is 0 Å². The van der Waals surface area contributed by atoms with Crippen LogP contribution in [0.5, 0.6) is 0 Å². The van der Waals surface area contributed by atoms with E-state index in [9.17, 15) is 14.4 Å². The van der Waals surface area contributed by atoms with E-state index in [1.54, 1.807) is 53.7 Å². The number of nitrogens with zero attached hydrogens (tertiary/aromatic N) is 4. The monoisotopic (exact) mass is 362 g/mol. The van der Waals surface area contributed by atoms with Crippen LogP contribution in [0.4, 0.5) is 0 Å². The molecular formula is C20H18N4O3. The van der Waals surface area contributed by atoms with E-state index >= 15 is 0 Å². The molecule has 27 heavy (non-hydrogen) atoms. The third-order valence-electron chi connectivity index (χ3n) is 4.87. The number of aliphatic imine (C=N–C) groups is 1. The molecule has 0 radical (unpaired) electrons. The van der Waals surface area contributed by atoms with Crippen LogP contribution < -0.4 is 5.69 Å². The Balaban J connectivity index is 1.47. The van der Waals surface area contributed by atoms with Crippen LogP contribution >= 0.6 is 0 Å².